The van der Waals surface area contributed by atoms with E-state index < -0.39 is 5.97 Å². The zero-order valence-corrected chi connectivity index (χ0v) is 36.1. The highest BCUT2D eigenvalue weighted by atomic mass is 127. The van der Waals surface area contributed by atoms with Gasteiger partial charge in [0, 0.05) is 49.3 Å². The SMILES string of the molecule is Cc1cc(C(=O)Nc2ccc(C(=O)O)nc2)n(Cc2csc(N3CCCCC3)n2)c1.Cc1cc(C(=O)Nc2ccc(I)nc2)n(Cc2csc(N3CCCCC3)n2)c1. The van der Waals surface area contributed by atoms with Crippen LogP contribution in [-0.4, -0.2) is 78.1 Å². The van der Waals surface area contributed by atoms with E-state index in [4.69, 9.17) is 15.1 Å². The molecule has 17 heteroatoms. The molecule has 2 amide bonds. The molecule has 2 fully saturated rings. The Kier molecular flexibility index (Phi) is 13.5. The largest absolute Gasteiger partial charge is 0.477 e. The normalized spacial score (nSPS) is 14.1. The van der Waals surface area contributed by atoms with E-state index in [-0.39, 0.29) is 17.5 Å². The summed E-state index contributed by atoms with van der Waals surface area (Å²) < 4.78 is 4.75. The molecule has 8 heterocycles. The predicted octanol–water partition coefficient (Wildman–Crippen LogP) is 8.18. The first-order chi connectivity index (χ1) is 28.1. The van der Waals surface area contributed by atoms with Crippen LogP contribution < -0.4 is 20.4 Å². The van der Waals surface area contributed by atoms with E-state index in [9.17, 15) is 14.4 Å². The Bertz CT molecular complexity index is 2340. The maximum atomic E-state index is 12.8. The number of aryl methyl sites for hydroxylation is 2. The van der Waals surface area contributed by atoms with Gasteiger partial charge in [-0.2, -0.15) is 0 Å². The molecule has 0 atom stereocenters. The first-order valence-corrected chi connectivity index (χ1v) is 22.1. The number of amides is 2. The van der Waals surface area contributed by atoms with Crippen molar-refractivity contribution < 1.29 is 19.5 Å². The second-order valence-electron chi connectivity index (χ2n) is 14.4. The summed E-state index contributed by atoms with van der Waals surface area (Å²) in [4.78, 5) is 58.9. The van der Waals surface area contributed by atoms with Gasteiger partial charge in [-0.05, 0) is 122 Å². The highest BCUT2D eigenvalue weighted by Gasteiger charge is 2.19. The van der Waals surface area contributed by atoms with E-state index in [1.54, 1.807) is 28.9 Å². The summed E-state index contributed by atoms with van der Waals surface area (Å²) in [5.41, 5.74) is 6.16. The van der Waals surface area contributed by atoms with Crippen LogP contribution in [0.15, 0.2) is 71.9 Å². The summed E-state index contributed by atoms with van der Waals surface area (Å²) in [6.07, 6.45) is 14.4. The van der Waals surface area contributed by atoms with Crippen molar-refractivity contribution in [3.63, 3.8) is 0 Å². The molecular weight excluding hydrogens is 888 g/mol. The van der Waals surface area contributed by atoms with Gasteiger partial charge in [0.1, 0.15) is 20.8 Å². The van der Waals surface area contributed by atoms with Crippen molar-refractivity contribution in [2.24, 2.45) is 0 Å². The van der Waals surface area contributed by atoms with Crippen LogP contribution in [0.2, 0.25) is 0 Å². The third kappa shape index (κ3) is 10.7. The summed E-state index contributed by atoms with van der Waals surface area (Å²) in [7, 11) is 0. The van der Waals surface area contributed by atoms with E-state index in [0.717, 1.165) is 62.7 Å². The Morgan fingerprint density at radius 3 is 1.57 bits per heavy atom. The lowest BCUT2D eigenvalue weighted by Gasteiger charge is -2.25. The van der Waals surface area contributed by atoms with Gasteiger partial charge in [-0.1, -0.05) is 0 Å². The lowest BCUT2D eigenvalue weighted by Crippen LogP contribution is -2.29. The van der Waals surface area contributed by atoms with E-state index >= 15 is 0 Å². The predicted molar refractivity (Wildman–Crippen MR) is 237 cm³/mol. The number of carbonyl (C=O) groups is 3. The molecule has 0 aromatic carbocycles. The standard InChI is InChI=1S/C21H23N5O3S.C20H22IN5OS/c1-14-9-18(19(27)23-15-5-6-17(20(28)29)22-10-15)26(11-14)12-16-13-30-21(24-16)25-7-3-2-4-8-25;1-14-9-17(19(27)23-15-5-6-18(21)22-10-15)26(11-14)12-16-13-28-20(24-16)25-7-3-2-4-8-25/h5-6,9-11,13H,2-4,7-8,12H2,1H3,(H,23,27)(H,28,29);5-6,9-11,13H,2-4,7-8,12H2,1H3,(H,23,27). The molecule has 0 unspecified atom stereocenters. The number of carboxylic acid groups (broad SMARTS) is 1. The van der Waals surface area contributed by atoms with Crippen LogP contribution in [0, 0.1) is 17.5 Å². The van der Waals surface area contributed by atoms with Crippen LogP contribution >= 0.6 is 45.3 Å². The number of carboxylic acids is 1. The van der Waals surface area contributed by atoms with Gasteiger partial charge in [-0.3, -0.25) is 9.59 Å². The first-order valence-electron chi connectivity index (χ1n) is 19.2. The van der Waals surface area contributed by atoms with Crippen LogP contribution in [0.5, 0.6) is 0 Å². The van der Waals surface area contributed by atoms with E-state index in [1.165, 1.54) is 56.9 Å². The van der Waals surface area contributed by atoms with Crippen molar-refractivity contribution >= 4 is 84.7 Å². The molecule has 3 N–H and O–H groups in total. The lowest BCUT2D eigenvalue weighted by atomic mass is 10.1. The van der Waals surface area contributed by atoms with Crippen molar-refractivity contribution in [2.75, 3.05) is 46.6 Å². The van der Waals surface area contributed by atoms with Crippen LogP contribution in [0.3, 0.4) is 0 Å². The Hall–Kier alpha value is -5.14. The molecule has 0 aliphatic carbocycles. The molecule has 2 aliphatic heterocycles. The number of anilines is 4. The molecule has 0 bridgehead atoms. The van der Waals surface area contributed by atoms with Crippen molar-refractivity contribution in [1.29, 1.82) is 0 Å². The van der Waals surface area contributed by atoms with Gasteiger partial charge in [0.15, 0.2) is 10.3 Å². The number of piperidine rings is 2. The number of carbonyl (C=O) groups excluding carboxylic acids is 2. The molecule has 0 spiro atoms. The van der Waals surface area contributed by atoms with Gasteiger partial charge in [0.05, 0.1) is 48.2 Å². The Labute approximate surface area is 358 Å². The van der Waals surface area contributed by atoms with Gasteiger partial charge in [0.2, 0.25) is 0 Å². The molecule has 2 aliphatic rings. The minimum Gasteiger partial charge on any atom is -0.477 e. The molecule has 14 nitrogen and oxygen atoms in total. The zero-order chi connectivity index (χ0) is 40.6. The van der Waals surface area contributed by atoms with Gasteiger partial charge < -0.3 is 34.7 Å². The average Bonchev–Trinajstić information content (AvgIpc) is 4.05. The summed E-state index contributed by atoms with van der Waals surface area (Å²) >= 11 is 5.48. The second-order valence-corrected chi connectivity index (χ2v) is 17.2. The van der Waals surface area contributed by atoms with Crippen LogP contribution in [0.25, 0.3) is 0 Å². The van der Waals surface area contributed by atoms with Gasteiger partial charge >= 0.3 is 5.97 Å². The Balaban J connectivity index is 0.000000177. The molecule has 6 aromatic rings. The number of pyridine rings is 2. The second kappa shape index (κ2) is 19.1. The van der Waals surface area contributed by atoms with E-state index in [2.05, 4.69) is 63.8 Å². The van der Waals surface area contributed by atoms with Crippen molar-refractivity contribution in [3.8, 4) is 0 Å². The summed E-state index contributed by atoms with van der Waals surface area (Å²) in [6.45, 7) is 9.33. The summed E-state index contributed by atoms with van der Waals surface area (Å²) in [5.74, 6) is -1.52. The fourth-order valence-electron chi connectivity index (χ4n) is 6.94. The third-order valence-corrected chi connectivity index (χ3v) is 12.3. The van der Waals surface area contributed by atoms with Crippen molar-refractivity contribution in [3.05, 3.63) is 115 Å². The molecule has 58 heavy (non-hydrogen) atoms. The molecule has 0 saturated carbocycles. The minimum atomic E-state index is -1.11. The molecule has 302 valence electrons. The van der Waals surface area contributed by atoms with Crippen LogP contribution in [0.4, 0.5) is 21.6 Å². The van der Waals surface area contributed by atoms with Crippen molar-refractivity contribution in [1.82, 2.24) is 29.1 Å². The molecule has 6 aromatic heterocycles. The number of aromatic carboxylic acids is 1. The molecule has 8 rings (SSSR count). The van der Waals surface area contributed by atoms with Gasteiger partial charge in [-0.25, -0.2) is 24.7 Å². The third-order valence-electron chi connectivity index (χ3n) is 9.75. The zero-order valence-electron chi connectivity index (χ0n) is 32.4. The molecular formula is C41H45IN10O4S2. The number of aromatic nitrogens is 6. The molecule has 0 radical (unpaired) electrons. The summed E-state index contributed by atoms with van der Waals surface area (Å²) in [6, 6.07) is 10.4. The number of halogens is 1. The summed E-state index contributed by atoms with van der Waals surface area (Å²) in [5, 5.41) is 20.9. The topological polar surface area (TPSA) is 163 Å². The lowest BCUT2D eigenvalue weighted by molar-refractivity contribution is 0.0690. The Morgan fingerprint density at radius 2 is 1.16 bits per heavy atom. The fourth-order valence-corrected chi connectivity index (χ4v) is 9.00. The number of hydrogen-bond donors (Lipinski definition) is 3. The maximum Gasteiger partial charge on any atom is 0.354 e. The number of hydrogen-bond acceptors (Lipinski definition) is 11. The number of nitrogens with one attached hydrogen (secondary N) is 2. The quantitative estimate of drug-likeness (QED) is 0.0853. The van der Waals surface area contributed by atoms with Crippen molar-refractivity contribution in [2.45, 2.75) is 65.5 Å². The highest BCUT2D eigenvalue weighted by Crippen LogP contribution is 2.27. The van der Waals surface area contributed by atoms with Gasteiger partial charge in [-0.15, -0.1) is 22.7 Å². The Morgan fingerprint density at radius 1 is 0.690 bits per heavy atom. The smallest absolute Gasteiger partial charge is 0.354 e. The van der Waals surface area contributed by atoms with E-state index in [1.807, 2.05) is 59.6 Å². The van der Waals surface area contributed by atoms with Gasteiger partial charge in [0.25, 0.3) is 11.8 Å². The maximum absolute atomic E-state index is 12.8. The van der Waals surface area contributed by atoms with E-state index in [0.29, 0.717) is 35.9 Å². The molecule has 2 saturated heterocycles. The number of nitrogens with zero attached hydrogens (tertiary/aromatic N) is 8. The monoisotopic (exact) mass is 932 g/mol. The number of rotatable bonds is 11. The average molecular weight is 933 g/mol. The van der Waals surface area contributed by atoms with Crippen LogP contribution in [-0.2, 0) is 13.1 Å². The highest BCUT2D eigenvalue weighted by molar-refractivity contribution is 14.1. The minimum absolute atomic E-state index is 0.0692. The van der Waals surface area contributed by atoms with Crippen LogP contribution in [0.1, 0.15) is 92.5 Å². The fraction of sp³-hybridized carbons (Fsp3) is 0.341. The number of thiazole rings is 2. The first kappa shape index (κ1) is 41.0.